The van der Waals surface area contributed by atoms with Gasteiger partial charge in [0.2, 0.25) is 0 Å². The van der Waals surface area contributed by atoms with E-state index in [1.807, 2.05) is 45.0 Å². The lowest BCUT2D eigenvalue weighted by molar-refractivity contribution is 0.102. The first-order valence-electron chi connectivity index (χ1n) is 6.65. The average Bonchev–Trinajstić information content (AvgIpc) is 2.40. The first kappa shape index (κ1) is 15.6. The topological polar surface area (TPSA) is 38.3 Å². The van der Waals surface area contributed by atoms with E-state index in [4.69, 9.17) is 4.74 Å². The molecular weight excluding hydrogens is 330 g/mol. The van der Waals surface area contributed by atoms with Crippen LogP contribution < -0.4 is 10.1 Å². The van der Waals surface area contributed by atoms with E-state index in [1.165, 1.54) is 0 Å². The van der Waals surface area contributed by atoms with Crippen molar-refractivity contribution < 1.29 is 9.53 Å². The van der Waals surface area contributed by atoms with Gasteiger partial charge in [-0.3, -0.25) is 4.79 Å². The minimum Gasteiger partial charge on any atom is -0.497 e. The van der Waals surface area contributed by atoms with E-state index in [0.29, 0.717) is 11.4 Å². The summed E-state index contributed by atoms with van der Waals surface area (Å²) in [7, 11) is 1.60. The molecule has 0 fully saturated rings. The van der Waals surface area contributed by atoms with Gasteiger partial charge < -0.3 is 10.1 Å². The molecule has 1 N–H and O–H groups in total. The third-order valence-electron chi connectivity index (χ3n) is 3.33. The van der Waals surface area contributed by atoms with Gasteiger partial charge in [-0.25, -0.2) is 0 Å². The van der Waals surface area contributed by atoms with Crippen molar-refractivity contribution in [2.75, 3.05) is 12.4 Å². The van der Waals surface area contributed by atoms with Crippen LogP contribution in [0.1, 0.15) is 27.0 Å². The van der Waals surface area contributed by atoms with Crippen LogP contribution >= 0.6 is 15.9 Å². The standard InChI is InChI=1S/C17H18BrNO2/c1-10-7-11(2)16(12(3)8-10)17(20)19-15-9-13(21-4)5-6-14(15)18/h5-9H,1-4H3,(H,19,20). The number of hydrogen-bond donors (Lipinski definition) is 1. The van der Waals surface area contributed by atoms with Gasteiger partial charge in [0, 0.05) is 16.1 Å². The summed E-state index contributed by atoms with van der Waals surface area (Å²) < 4.78 is 6.01. The number of amides is 1. The molecule has 0 aliphatic carbocycles. The minimum absolute atomic E-state index is 0.112. The largest absolute Gasteiger partial charge is 0.497 e. The van der Waals surface area contributed by atoms with Crippen LogP contribution in [-0.4, -0.2) is 13.0 Å². The van der Waals surface area contributed by atoms with Gasteiger partial charge in [0.05, 0.1) is 12.8 Å². The molecule has 2 aromatic rings. The summed E-state index contributed by atoms with van der Waals surface area (Å²) in [6.45, 7) is 5.94. The Morgan fingerprint density at radius 1 is 1.10 bits per heavy atom. The molecular formula is C17H18BrNO2. The molecule has 3 nitrogen and oxygen atoms in total. The van der Waals surface area contributed by atoms with E-state index < -0.39 is 0 Å². The molecule has 2 rings (SSSR count). The number of ether oxygens (including phenoxy) is 1. The minimum atomic E-state index is -0.112. The predicted octanol–water partition coefficient (Wildman–Crippen LogP) is 4.64. The number of nitrogens with one attached hydrogen (secondary N) is 1. The SMILES string of the molecule is COc1ccc(Br)c(NC(=O)c2c(C)cc(C)cc2C)c1. The number of rotatable bonds is 3. The molecule has 0 saturated heterocycles. The summed E-state index contributed by atoms with van der Waals surface area (Å²) in [5.74, 6) is 0.588. The summed E-state index contributed by atoms with van der Waals surface area (Å²) in [5.41, 5.74) is 4.52. The molecule has 0 spiro atoms. The normalized spacial score (nSPS) is 10.3. The van der Waals surface area contributed by atoms with Gasteiger partial charge in [0.25, 0.3) is 5.91 Å². The zero-order valence-corrected chi connectivity index (χ0v) is 14.2. The molecule has 0 saturated carbocycles. The van der Waals surface area contributed by atoms with Crippen molar-refractivity contribution in [1.82, 2.24) is 0 Å². The predicted molar refractivity (Wildman–Crippen MR) is 89.3 cm³/mol. The molecule has 0 aliphatic heterocycles. The monoisotopic (exact) mass is 347 g/mol. The number of carbonyl (C=O) groups is 1. The number of halogens is 1. The van der Waals surface area contributed by atoms with Crippen LogP contribution in [0.5, 0.6) is 5.75 Å². The molecule has 4 heteroatoms. The summed E-state index contributed by atoms with van der Waals surface area (Å²) in [6, 6.07) is 9.51. The van der Waals surface area contributed by atoms with Crippen molar-refractivity contribution in [3.63, 3.8) is 0 Å². The van der Waals surface area contributed by atoms with Gasteiger partial charge in [0.15, 0.2) is 0 Å². The molecule has 0 radical (unpaired) electrons. The van der Waals surface area contributed by atoms with Gasteiger partial charge >= 0.3 is 0 Å². The van der Waals surface area contributed by atoms with Crippen molar-refractivity contribution in [3.05, 3.63) is 57.1 Å². The second kappa shape index (κ2) is 6.31. The highest BCUT2D eigenvalue weighted by molar-refractivity contribution is 9.10. The Balaban J connectivity index is 2.35. The second-order valence-corrected chi connectivity index (χ2v) is 5.93. The van der Waals surface area contributed by atoms with Crippen molar-refractivity contribution in [3.8, 4) is 5.75 Å². The zero-order chi connectivity index (χ0) is 15.6. The summed E-state index contributed by atoms with van der Waals surface area (Å²) in [5, 5.41) is 2.94. The first-order chi connectivity index (χ1) is 9.92. The number of aryl methyl sites for hydroxylation is 3. The van der Waals surface area contributed by atoms with Crippen LogP contribution in [0.4, 0.5) is 5.69 Å². The van der Waals surface area contributed by atoms with E-state index >= 15 is 0 Å². The molecule has 0 bridgehead atoms. The van der Waals surface area contributed by atoms with Crippen molar-refractivity contribution in [2.24, 2.45) is 0 Å². The highest BCUT2D eigenvalue weighted by Crippen LogP contribution is 2.28. The Kier molecular flexibility index (Phi) is 4.68. The van der Waals surface area contributed by atoms with Crippen molar-refractivity contribution >= 4 is 27.5 Å². The number of methoxy groups -OCH3 is 1. The van der Waals surface area contributed by atoms with Crippen LogP contribution in [0.3, 0.4) is 0 Å². The van der Waals surface area contributed by atoms with Crippen LogP contribution in [0.25, 0.3) is 0 Å². The molecule has 0 atom stereocenters. The van der Waals surface area contributed by atoms with Crippen LogP contribution in [0.2, 0.25) is 0 Å². The fourth-order valence-corrected chi connectivity index (χ4v) is 2.80. The van der Waals surface area contributed by atoms with Crippen molar-refractivity contribution in [1.29, 1.82) is 0 Å². The van der Waals surface area contributed by atoms with Gasteiger partial charge in [-0.05, 0) is 60.0 Å². The summed E-state index contributed by atoms with van der Waals surface area (Å²) in [4.78, 5) is 12.5. The molecule has 0 heterocycles. The Morgan fingerprint density at radius 2 is 1.71 bits per heavy atom. The lowest BCUT2D eigenvalue weighted by Gasteiger charge is -2.13. The van der Waals surface area contributed by atoms with E-state index in [9.17, 15) is 4.79 Å². The lowest BCUT2D eigenvalue weighted by atomic mass is 9.99. The summed E-state index contributed by atoms with van der Waals surface area (Å²) >= 11 is 3.44. The fraction of sp³-hybridized carbons (Fsp3) is 0.235. The van der Waals surface area contributed by atoms with E-state index in [2.05, 4.69) is 21.2 Å². The molecule has 110 valence electrons. The van der Waals surface area contributed by atoms with E-state index in [0.717, 1.165) is 26.7 Å². The van der Waals surface area contributed by atoms with E-state index in [1.54, 1.807) is 13.2 Å². The van der Waals surface area contributed by atoms with Crippen molar-refractivity contribution in [2.45, 2.75) is 20.8 Å². The molecule has 0 aromatic heterocycles. The first-order valence-corrected chi connectivity index (χ1v) is 7.44. The lowest BCUT2D eigenvalue weighted by Crippen LogP contribution is -2.15. The maximum absolute atomic E-state index is 12.5. The number of anilines is 1. The maximum Gasteiger partial charge on any atom is 0.256 e. The number of carbonyl (C=O) groups excluding carboxylic acids is 1. The van der Waals surface area contributed by atoms with Crippen LogP contribution in [-0.2, 0) is 0 Å². The number of benzene rings is 2. The third-order valence-corrected chi connectivity index (χ3v) is 4.02. The van der Waals surface area contributed by atoms with Gasteiger partial charge in [-0.15, -0.1) is 0 Å². The Labute approximate surface area is 133 Å². The highest BCUT2D eigenvalue weighted by atomic mass is 79.9. The Bertz CT molecular complexity index is 672. The summed E-state index contributed by atoms with van der Waals surface area (Å²) in [6.07, 6.45) is 0. The van der Waals surface area contributed by atoms with Crippen LogP contribution in [0, 0.1) is 20.8 Å². The fourth-order valence-electron chi connectivity index (χ4n) is 2.45. The Hall–Kier alpha value is -1.81. The molecule has 2 aromatic carbocycles. The quantitative estimate of drug-likeness (QED) is 0.878. The van der Waals surface area contributed by atoms with Gasteiger partial charge in [-0.1, -0.05) is 17.7 Å². The smallest absolute Gasteiger partial charge is 0.256 e. The molecule has 21 heavy (non-hydrogen) atoms. The van der Waals surface area contributed by atoms with E-state index in [-0.39, 0.29) is 5.91 Å². The highest BCUT2D eigenvalue weighted by Gasteiger charge is 2.14. The van der Waals surface area contributed by atoms with Gasteiger partial charge in [0.1, 0.15) is 5.75 Å². The molecule has 0 unspecified atom stereocenters. The maximum atomic E-state index is 12.5. The number of hydrogen-bond acceptors (Lipinski definition) is 2. The van der Waals surface area contributed by atoms with Crippen LogP contribution in [0.15, 0.2) is 34.8 Å². The second-order valence-electron chi connectivity index (χ2n) is 5.07. The zero-order valence-electron chi connectivity index (χ0n) is 12.6. The molecule has 1 amide bonds. The molecule has 0 aliphatic rings. The average molecular weight is 348 g/mol. The van der Waals surface area contributed by atoms with Gasteiger partial charge in [-0.2, -0.15) is 0 Å². The Morgan fingerprint density at radius 3 is 2.29 bits per heavy atom. The third kappa shape index (κ3) is 3.45.